The quantitative estimate of drug-likeness (QED) is 0.611. The highest BCUT2D eigenvalue weighted by Gasteiger charge is 2.30. The van der Waals surface area contributed by atoms with E-state index in [2.05, 4.69) is 0 Å². The molecular weight excluding hydrogens is 180 g/mol. The molecule has 1 aliphatic heterocycles. The maximum absolute atomic E-state index is 10.1. The monoisotopic (exact) mass is 190 g/mol. The van der Waals surface area contributed by atoms with Gasteiger partial charge in [0.2, 0.25) is 0 Å². The summed E-state index contributed by atoms with van der Waals surface area (Å²) in [5.74, 6) is 0.568. The van der Waals surface area contributed by atoms with Crippen LogP contribution in [-0.4, -0.2) is 41.1 Å². The number of carbonyl (C=O) groups is 2. The number of ether oxygens (including phenoxy) is 1. The molecule has 0 aromatic heterocycles. The Morgan fingerprint density at radius 3 is 3.00 bits per heavy atom. The maximum Gasteiger partial charge on any atom is 0.151 e. The highest BCUT2D eigenvalue weighted by molar-refractivity contribution is 8.00. The number of carbonyl (C=O) groups excluding carboxylic acids is 2. The Balaban J connectivity index is 2.34. The van der Waals surface area contributed by atoms with Crippen molar-refractivity contribution in [3.63, 3.8) is 0 Å². The first-order chi connectivity index (χ1) is 5.77. The van der Waals surface area contributed by atoms with E-state index in [1.165, 1.54) is 11.8 Å². The molecule has 68 valence electrons. The molecule has 1 fully saturated rings. The average Bonchev–Trinajstić information content (AvgIpc) is 2.52. The summed E-state index contributed by atoms with van der Waals surface area (Å²) in [5, 5.41) is 9.05. The van der Waals surface area contributed by atoms with E-state index >= 15 is 0 Å². The van der Waals surface area contributed by atoms with Gasteiger partial charge in [0.25, 0.3) is 0 Å². The molecule has 1 saturated heterocycles. The van der Waals surface area contributed by atoms with E-state index in [1.54, 1.807) is 0 Å². The van der Waals surface area contributed by atoms with Crippen molar-refractivity contribution >= 4 is 24.3 Å². The standard InChI is InChI=1S/C7H10O4S/c8-2-1-7-11-6(4-12-7)5(10)3-9/h2-3,5-7,10H,1,4H2/t5?,6-,7+/m0/s1. The average molecular weight is 190 g/mol. The van der Waals surface area contributed by atoms with Crippen LogP contribution < -0.4 is 0 Å². The lowest BCUT2D eigenvalue weighted by molar-refractivity contribution is -0.122. The summed E-state index contributed by atoms with van der Waals surface area (Å²) in [6.45, 7) is 0. The Hall–Kier alpha value is -0.390. The topological polar surface area (TPSA) is 63.6 Å². The fraction of sp³-hybridized carbons (Fsp3) is 0.714. The molecule has 0 spiro atoms. The van der Waals surface area contributed by atoms with Crippen molar-refractivity contribution in [3.05, 3.63) is 0 Å². The van der Waals surface area contributed by atoms with Crippen LogP contribution in [0.3, 0.4) is 0 Å². The number of aliphatic hydroxyl groups is 1. The number of aliphatic hydroxyl groups excluding tert-OH is 1. The van der Waals surface area contributed by atoms with Crippen molar-refractivity contribution < 1.29 is 19.4 Å². The van der Waals surface area contributed by atoms with Gasteiger partial charge in [-0.2, -0.15) is 0 Å². The van der Waals surface area contributed by atoms with Crippen LogP contribution in [0.4, 0.5) is 0 Å². The number of hydrogen-bond donors (Lipinski definition) is 1. The Morgan fingerprint density at radius 1 is 1.67 bits per heavy atom. The fourth-order valence-corrected chi connectivity index (χ4v) is 2.06. The molecule has 5 heteroatoms. The van der Waals surface area contributed by atoms with Gasteiger partial charge in [-0.05, 0) is 0 Å². The van der Waals surface area contributed by atoms with Crippen LogP contribution >= 0.6 is 11.8 Å². The lowest BCUT2D eigenvalue weighted by atomic mass is 10.2. The Bertz CT molecular complexity index is 173. The minimum absolute atomic E-state index is 0.193. The normalized spacial score (nSPS) is 31.4. The maximum atomic E-state index is 10.1. The molecule has 0 aliphatic carbocycles. The largest absolute Gasteiger partial charge is 0.383 e. The van der Waals surface area contributed by atoms with Crippen LogP contribution in [0.1, 0.15) is 6.42 Å². The molecule has 0 aromatic rings. The van der Waals surface area contributed by atoms with Gasteiger partial charge in [0.15, 0.2) is 6.29 Å². The predicted octanol–water partition coefficient (Wildman–Crippen LogP) is -0.407. The Labute approximate surface area is 74.3 Å². The smallest absolute Gasteiger partial charge is 0.151 e. The van der Waals surface area contributed by atoms with Crippen molar-refractivity contribution in [1.29, 1.82) is 0 Å². The van der Waals surface area contributed by atoms with E-state index in [1.807, 2.05) is 0 Å². The summed E-state index contributed by atoms with van der Waals surface area (Å²) in [6, 6.07) is 0. The van der Waals surface area contributed by atoms with Crippen LogP contribution in [0, 0.1) is 0 Å². The minimum atomic E-state index is -1.06. The van der Waals surface area contributed by atoms with Crippen LogP contribution in [0.5, 0.6) is 0 Å². The molecule has 0 aromatic carbocycles. The molecule has 1 unspecified atom stereocenters. The van der Waals surface area contributed by atoms with Gasteiger partial charge >= 0.3 is 0 Å². The molecule has 0 radical (unpaired) electrons. The van der Waals surface area contributed by atoms with Crippen molar-refractivity contribution in [1.82, 2.24) is 0 Å². The van der Waals surface area contributed by atoms with Crippen molar-refractivity contribution in [3.8, 4) is 0 Å². The molecule has 1 aliphatic rings. The Kier molecular flexibility index (Phi) is 3.71. The van der Waals surface area contributed by atoms with Gasteiger partial charge in [-0.1, -0.05) is 0 Å². The molecule has 1 N–H and O–H groups in total. The zero-order valence-corrected chi connectivity index (χ0v) is 7.20. The van der Waals surface area contributed by atoms with E-state index in [-0.39, 0.29) is 5.44 Å². The van der Waals surface area contributed by atoms with E-state index in [9.17, 15) is 9.59 Å². The van der Waals surface area contributed by atoms with E-state index in [0.29, 0.717) is 18.5 Å². The van der Waals surface area contributed by atoms with Crippen LogP contribution in [0.25, 0.3) is 0 Å². The van der Waals surface area contributed by atoms with Gasteiger partial charge in [0.05, 0.1) is 0 Å². The van der Waals surface area contributed by atoms with Gasteiger partial charge in [-0.15, -0.1) is 11.8 Å². The second-order valence-electron chi connectivity index (χ2n) is 2.47. The highest BCUT2D eigenvalue weighted by Crippen LogP contribution is 2.28. The molecule has 1 rings (SSSR count). The van der Waals surface area contributed by atoms with Crippen LogP contribution in [-0.2, 0) is 14.3 Å². The Morgan fingerprint density at radius 2 is 2.42 bits per heavy atom. The molecule has 0 amide bonds. The van der Waals surface area contributed by atoms with E-state index < -0.39 is 12.2 Å². The first kappa shape index (κ1) is 9.70. The second kappa shape index (κ2) is 4.59. The van der Waals surface area contributed by atoms with Crippen molar-refractivity contribution in [2.24, 2.45) is 0 Å². The summed E-state index contributed by atoms with van der Waals surface area (Å²) in [7, 11) is 0. The lowest BCUT2D eigenvalue weighted by Gasteiger charge is -2.11. The predicted molar refractivity (Wildman–Crippen MR) is 43.9 cm³/mol. The molecule has 0 bridgehead atoms. The molecular formula is C7H10O4S. The summed E-state index contributed by atoms with van der Waals surface area (Å²) in [5.41, 5.74) is -0.193. The minimum Gasteiger partial charge on any atom is -0.383 e. The van der Waals surface area contributed by atoms with Crippen LogP contribution in [0.15, 0.2) is 0 Å². The summed E-state index contributed by atoms with van der Waals surface area (Å²) in [6.07, 6.45) is 0.0285. The van der Waals surface area contributed by atoms with Crippen molar-refractivity contribution in [2.75, 3.05) is 5.75 Å². The summed E-state index contributed by atoms with van der Waals surface area (Å²) in [4.78, 5) is 20.2. The zero-order chi connectivity index (χ0) is 8.97. The SMILES string of the molecule is O=CC[C@@H]1O[C@H](C(O)C=O)CS1. The highest BCUT2D eigenvalue weighted by atomic mass is 32.2. The first-order valence-electron chi connectivity index (χ1n) is 3.62. The first-order valence-corrected chi connectivity index (χ1v) is 4.67. The third kappa shape index (κ3) is 2.30. The number of hydrogen-bond acceptors (Lipinski definition) is 5. The van der Waals surface area contributed by atoms with Crippen molar-refractivity contribution in [2.45, 2.75) is 24.1 Å². The van der Waals surface area contributed by atoms with E-state index in [0.717, 1.165) is 6.29 Å². The lowest BCUT2D eigenvalue weighted by Crippen LogP contribution is -2.29. The number of thioether (sulfide) groups is 1. The molecule has 3 atom stereocenters. The number of aldehydes is 2. The van der Waals surface area contributed by atoms with Crippen LogP contribution in [0.2, 0.25) is 0 Å². The molecule has 0 saturated carbocycles. The summed E-state index contributed by atoms with van der Waals surface area (Å²) < 4.78 is 5.20. The fourth-order valence-electron chi connectivity index (χ4n) is 0.945. The van der Waals surface area contributed by atoms with Gasteiger partial charge in [0.1, 0.15) is 23.9 Å². The third-order valence-corrected chi connectivity index (χ3v) is 2.78. The van der Waals surface area contributed by atoms with Gasteiger partial charge in [0, 0.05) is 12.2 Å². The van der Waals surface area contributed by atoms with Gasteiger partial charge in [-0.3, -0.25) is 0 Å². The third-order valence-electron chi connectivity index (χ3n) is 1.58. The molecule has 4 nitrogen and oxygen atoms in total. The number of rotatable bonds is 4. The molecule has 1 heterocycles. The van der Waals surface area contributed by atoms with E-state index in [4.69, 9.17) is 9.84 Å². The van der Waals surface area contributed by atoms with Gasteiger partial charge in [-0.25, -0.2) is 0 Å². The van der Waals surface area contributed by atoms with Gasteiger partial charge < -0.3 is 19.4 Å². The summed E-state index contributed by atoms with van der Waals surface area (Å²) >= 11 is 1.45. The zero-order valence-electron chi connectivity index (χ0n) is 6.38. The second-order valence-corrected chi connectivity index (χ2v) is 3.66. The molecule has 12 heavy (non-hydrogen) atoms.